The van der Waals surface area contributed by atoms with Gasteiger partial charge in [-0.25, -0.2) is 0 Å². The van der Waals surface area contributed by atoms with Crippen molar-refractivity contribution in [1.29, 1.82) is 0 Å². The fourth-order valence-electron chi connectivity index (χ4n) is 4.02. The zero-order chi connectivity index (χ0) is 18.2. The van der Waals surface area contributed by atoms with E-state index < -0.39 is 19.2 Å². The topological polar surface area (TPSA) is 122 Å². The quantitative estimate of drug-likeness (QED) is 0.455. The van der Waals surface area contributed by atoms with Gasteiger partial charge in [-0.2, -0.15) is 0 Å². The van der Waals surface area contributed by atoms with Crippen LogP contribution in [-0.2, 0) is 14.2 Å². The number of hydrogen-bond acceptors (Lipinski definition) is 6. The van der Waals surface area contributed by atoms with Crippen LogP contribution in [0.2, 0.25) is 5.82 Å². The van der Waals surface area contributed by atoms with E-state index in [1.807, 2.05) is 0 Å². The maximum Gasteiger partial charge on any atom is 0.458 e. The fraction of sp³-hybridized carbons (Fsp3) is 0.882. The zero-order valence-corrected chi connectivity index (χ0v) is 14.9. The summed E-state index contributed by atoms with van der Waals surface area (Å²) >= 11 is 0. The first-order valence-corrected chi connectivity index (χ1v) is 9.48. The van der Waals surface area contributed by atoms with Crippen molar-refractivity contribution >= 4 is 18.9 Å². The molecule has 25 heavy (non-hydrogen) atoms. The third-order valence-corrected chi connectivity index (χ3v) is 5.43. The van der Waals surface area contributed by atoms with Crippen LogP contribution in [0, 0.1) is 5.92 Å². The summed E-state index contributed by atoms with van der Waals surface area (Å²) < 4.78 is 5.36. The van der Waals surface area contributed by atoms with E-state index in [1.165, 1.54) is 0 Å². The summed E-state index contributed by atoms with van der Waals surface area (Å²) in [6, 6.07) is 0.523. The number of carbonyl (C=O) groups is 2. The standard InChI is InChI=1S/C17H31BN2O5/c19-7-8-20-14-4-1-12(2-5-14)9-15(21)10-13-3-6-16(11-17(22)23)25-18(13)24/h12-14,16,20,24H,1-11,19H2,(H,22,23)/t12?,13-,14?,16+/m1/s1. The summed E-state index contributed by atoms with van der Waals surface area (Å²) in [6.07, 6.45) is 5.86. The maximum absolute atomic E-state index is 12.3. The van der Waals surface area contributed by atoms with Crippen LogP contribution in [0.25, 0.3) is 0 Å². The zero-order valence-electron chi connectivity index (χ0n) is 14.9. The molecule has 8 heteroatoms. The number of ketones is 1. The number of nitrogens with one attached hydrogen (secondary N) is 1. The summed E-state index contributed by atoms with van der Waals surface area (Å²) in [5.41, 5.74) is 5.50. The van der Waals surface area contributed by atoms with Crippen LogP contribution in [0.4, 0.5) is 0 Å². The third kappa shape index (κ3) is 7.05. The molecule has 0 bridgehead atoms. The van der Waals surface area contributed by atoms with Gasteiger partial charge in [0.2, 0.25) is 0 Å². The molecule has 142 valence electrons. The number of nitrogens with two attached hydrogens (primary N) is 1. The number of hydrogen-bond donors (Lipinski definition) is 4. The lowest BCUT2D eigenvalue weighted by molar-refractivity contribution is -0.139. The van der Waals surface area contributed by atoms with Gasteiger partial charge in [-0.1, -0.05) is 0 Å². The van der Waals surface area contributed by atoms with Crippen molar-refractivity contribution in [2.75, 3.05) is 13.1 Å². The van der Waals surface area contributed by atoms with Crippen LogP contribution in [0.15, 0.2) is 0 Å². The van der Waals surface area contributed by atoms with Crippen molar-refractivity contribution in [2.24, 2.45) is 11.7 Å². The molecule has 1 aliphatic carbocycles. The molecule has 2 rings (SSSR count). The second-order valence-corrected chi connectivity index (χ2v) is 7.49. The predicted molar refractivity (Wildman–Crippen MR) is 95.1 cm³/mol. The van der Waals surface area contributed by atoms with Gasteiger partial charge in [0.05, 0.1) is 12.5 Å². The Hall–Kier alpha value is -0.955. The Morgan fingerprint density at radius 2 is 1.80 bits per heavy atom. The van der Waals surface area contributed by atoms with Crippen LogP contribution in [0.3, 0.4) is 0 Å². The second-order valence-electron chi connectivity index (χ2n) is 7.49. The molecule has 1 heterocycles. The van der Waals surface area contributed by atoms with Crippen LogP contribution in [0.5, 0.6) is 0 Å². The van der Waals surface area contributed by atoms with E-state index in [0.717, 1.165) is 32.2 Å². The molecule has 5 N–H and O–H groups in total. The summed E-state index contributed by atoms with van der Waals surface area (Å²) in [7, 11) is -1.03. The molecule has 0 amide bonds. The number of aliphatic carboxylic acids is 1. The fourth-order valence-corrected chi connectivity index (χ4v) is 4.02. The van der Waals surface area contributed by atoms with Gasteiger partial charge in [0, 0.05) is 37.8 Å². The molecule has 2 aliphatic rings. The highest BCUT2D eigenvalue weighted by Gasteiger charge is 2.37. The molecular formula is C17H31BN2O5. The molecule has 0 radical (unpaired) electrons. The van der Waals surface area contributed by atoms with Crippen LogP contribution in [0.1, 0.15) is 57.8 Å². The highest BCUT2D eigenvalue weighted by atomic mass is 16.5. The molecule has 0 aromatic rings. The second kappa shape index (κ2) is 10.3. The molecular weight excluding hydrogens is 323 g/mol. The molecule has 0 aromatic heterocycles. The molecule has 1 aliphatic heterocycles. The lowest BCUT2D eigenvalue weighted by Gasteiger charge is -2.31. The highest BCUT2D eigenvalue weighted by molar-refractivity contribution is 6.45. The van der Waals surface area contributed by atoms with Gasteiger partial charge >= 0.3 is 13.1 Å². The van der Waals surface area contributed by atoms with Gasteiger partial charge in [0.1, 0.15) is 5.78 Å². The molecule has 0 aromatic carbocycles. The van der Waals surface area contributed by atoms with Crippen molar-refractivity contribution in [1.82, 2.24) is 5.32 Å². The lowest BCUT2D eigenvalue weighted by Crippen LogP contribution is -2.38. The van der Waals surface area contributed by atoms with Gasteiger partial charge < -0.3 is 25.8 Å². The smallest absolute Gasteiger partial charge is 0.458 e. The Morgan fingerprint density at radius 1 is 1.08 bits per heavy atom. The number of carboxylic acid groups (broad SMARTS) is 1. The maximum atomic E-state index is 12.3. The Kier molecular flexibility index (Phi) is 8.35. The molecule has 0 unspecified atom stereocenters. The Morgan fingerprint density at radius 3 is 2.40 bits per heavy atom. The van der Waals surface area contributed by atoms with Gasteiger partial charge in [-0.3, -0.25) is 9.59 Å². The van der Waals surface area contributed by atoms with E-state index in [2.05, 4.69) is 5.32 Å². The molecule has 7 nitrogen and oxygen atoms in total. The largest absolute Gasteiger partial charge is 0.481 e. The Labute approximate surface area is 149 Å². The van der Waals surface area contributed by atoms with Crippen molar-refractivity contribution in [3.8, 4) is 0 Å². The predicted octanol–water partition coefficient (Wildman–Crippen LogP) is 0.947. The minimum absolute atomic E-state index is 0.0981. The minimum Gasteiger partial charge on any atom is -0.481 e. The normalized spacial score (nSPS) is 30.2. The van der Waals surface area contributed by atoms with Crippen LogP contribution >= 0.6 is 0 Å². The molecule has 2 fully saturated rings. The summed E-state index contributed by atoms with van der Waals surface area (Å²) in [5.74, 6) is -0.518. The molecule has 2 atom stereocenters. The van der Waals surface area contributed by atoms with E-state index in [4.69, 9.17) is 15.5 Å². The molecule has 1 saturated carbocycles. The Bertz CT molecular complexity index is 443. The Balaban J connectivity index is 1.66. The first kappa shape index (κ1) is 20.4. The third-order valence-electron chi connectivity index (χ3n) is 5.43. The van der Waals surface area contributed by atoms with Crippen molar-refractivity contribution < 1.29 is 24.4 Å². The van der Waals surface area contributed by atoms with Crippen molar-refractivity contribution in [2.45, 2.75) is 75.8 Å². The van der Waals surface area contributed by atoms with E-state index >= 15 is 0 Å². The van der Waals surface area contributed by atoms with Gasteiger partial charge in [-0.05, 0) is 44.4 Å². The summed E-state index contributed by atoms with van der Waals surface area (Å²) in [4.78, 5) is 23.1. The highest BCUT2D eigenvalue weighted by Crippen LogP contribution is 2.33. The number of Topliss-reactive ketones (excluding diaryl/α,β-unsaturated/α-hetero) is 1. The van der Waals surface area contributed by atoms with Crippen LogP contribution in [-0.4, -0.2) is 54.2 Å². The van der Waals surface area contributed by atoms with Crippen LogP contribution < -0.4 is 11.1 Å². The van der Waals surface area contributed by atoms with Gasteiger partial charge in [0.15, 0.2) is 0 Å². The number of rotatable bonds is 9. The average molecular weight is 354 g/mol. The first-order valence-electron chi connectivity index (χ1n) is 9.48. The monoisotopic (exact) mass is 354 g/mol. The van der Waals surface area contributed by atoms with Gasteiger partial charge in [-0.15, -0.1) is 0 Å². The van der Waals surface area contributed by atoms with Crippen molar-refractivity contribution in [3.63, 3.8) is 0 Å². The van der Waals surface area contributed by atoms with E-state index in [1.54, 1.807) is 0 Å². The SMILES string of the molecule is NCCNC1CCC(CC(=O)C[C@H]2CC[C@@H](CC(=O)O)OB2O)CC1. The minimum atomic E-state index is -1.03. The first-order chi connectivity index (χ1) is 12.0. The van der Waals surface area contributed by atoms with E-state index in [0.29, 0.717) is 44.2 Å². The van der Waals surface area contributed by atoms with Gasteiger partial charge in [0.25, 0.3) is 0 Å². The number of carboxylic acids is 1. The van der Waals surface area contributed by atoms with E-state index in [-0.39, 0.29) is 18.0 Å². The average Bonchev–Trinajstić information content (AvgIpc) is 2.56. The van der Waals surface area contributed by atoms with Crippen molar-refractivity contribution in [3.05, 3.63) is 0 Å². The lowest BCUT2D eigenvalue weighted by atomic mass is 9.64. The molecule has 0 spiro atoms. The molecule has 1 saturated heterocycles. The summed E-state index contributed by atoms with van der Waals surface area (Å²) in [5, 5.41) is 22.3. The number of carbonyl (C=O) groups excluding carboxylic acids is 1. The van der Waals surface area contributed by atoms with E-state index in [9.17, 15) is 14.6 Å². The summed E-state index contributed by atoms with van der Waals surface area (Å²) in [6.45, 7) is 1.49.